The van der Waals surface area contributed by atoms with Crippen molar-refractivity contribution in [1.29, 1.82) is 0 Å². The van der Waals surface area contributed by atoms with Crippen molar-refractivity contribution in [1.82, 2.24) is 0 Å². The van der Waals surface area contributed by atoms with Crippen LogP contribution in [0.3, 0.4) is 0 Å². The standard InChI is InChI=1S/C63H104O6/c1-4-7-10-13-16-19-22-25-28-30-32-34-35-38-41-44-47-50-53-56-62(65)68-59-60(58-67-61(64)55-52-49-46-43-40-37-27-24-21-18-15-12-9-6-3)69-63(66)57-54-51-48-45-42-39-36-33-31-29-26-23-20-17-14-11-8-5-2/h7,9-10,12,16,18-19,21,25,27-28,32-34,36-38,41,60H,4-6,8,11,13-15,17,20,22-24,26,29-31,35,39-40,42-59H2,1-3H3/b10-7-,12-9-,19-16-,21-18-,28-25-,34-32-,36-33-,37-27-,41-38-. The molecule has 69 heavy (non-hydrogen) atoms. The second kappa shape index (κ2) is 56.7. The molecule has 0 aromatic rings. The molecule has 0 aliphatic carbocycles. The van der Waals surface area contributed by atoms with E-state index < -0.39 is 6.10 Å². The van der Waals surface area contributed by atoms with Crippen LogP contribution in [0.4, 0.5) is 0 Å². The summed E-state index contributed by atoms with van der Waals surface area (Å²) in [6.07, 6.45) is 76.5. The van der Waals surface area contributed by atoms with Crippen molar-refractivity contribution in [2.24, 2.45) is 0 Å². The maximum absolute atomic E-state index is 12.9. The fourth-order valence-corrected chi connectivity index (χ4v) is 7.54. The summed E-state index contributed by atoms with van der Waals surface area (Å²) in [5.41, 5.74) is 0. The van der Waals surface area contributed by atoms with Gasteiger partial charge in [-0.15, -0.1) is 0 Å². The zero-order chi connectivity index (χ0) is 50.0. The summed E-state index contributed by atoms with van der Waals surface area (Å²) >= 11 is 0. The quantitative estimate of drug-likeness (QED) is 0.0262. The lowest BCUT2D eigenvalue weighted by atomic mass is 10.1. The molecule has 0 amide bonds. The van der Waals surface area contributed by atoms with E-state index in [-0.39, 0.29) is 31.1 Å². The molecule has 0 saturated carbocycles. The molecule has 0 aromatic heterocycles. The predicted octanol–water partition coefficient (Wildman–Crippen LogP) is 19.1. The fraction of sp³-hybridized carbons (Fsp3) is 0.667. The molecule has 0 radical (unpaired) electrons. The molecule has 6 heteroatoms. The summed E-state index contributed by atoms with van der Waals surface area (Å²) < 4.78 is 16.8. The van der Waals surface area contributed by atoms with Gasteiger partial charge in [0.1, 0.15) is 13.2 Å². The van der Waals surface area contributed by atoms with Crippen LogP contribution in [0.1, 0.15) is 252 Å². The zero-order valence-electron chi connectivity index (χ0n) is 44.8. The highest BCUT2D eigenvalue weighted by Gasteiger charge is 2.19. The lowest BCUT2D eigenvalue weighted by Crippen LogP contribution is -2.30. The number of carbonyl (C=O) groups is 3. The molecule has 0 heterocycles. The molecule has 0 spiro atoms. The maximum atomic E-state index is 12.9. The molecule has 0 N–H and O–H groups in total. The van der Waals surface area contributed by atoms with Gasteiger partial charge in [-0.05, 0) is 122 Å². The van der Waals surface area contributed by atoms with E-state index in [4.69, 9.17) is 14.2 Å². The largest absolute Gasteiger partial charge is 0.462 e. The van der Waals surface area contributed by atoms with Crippen LogP contribution in [0.2, 0.25) is 0 Å². The van der Waals surface area contributed by atoms with Crippen LogP contribution in [0, 0.1) is 0 Å². The van der Waals surface area contributed by atoms with Gasteiger partial charge in [-0.25, -0.2) is 0 Å². The number of unbranched alkanes of at least 4 members (excludes halogenated alkanes) is 21. The van der Waals surface area contributed by atoms with E-state index in [2.05, 4.69) is 130 Å². The Kier molecular flexibility index (Phi) is 53.4. The van der Waals surface area contributed by atoms with Gasteiger partial charge in [0.05, 0.1) is 0 Å². The SMILES string of the molecule is CC/C=C\C/C=C\C/C=C\C/C=C\C/C=C\CCCCCC(=O)OCC(COC(=O)CCCCCC/C=C\C/C=C\C/C=C\CC)OC(=O)CCCCCCC/C=C\CCCCCCCCCCC. The fourth-order valence-electron chi connectivity index (χ4n) is 7.54. The number of carbonyl (C=O) groups excluding carboxylic acids is 3. The van der Waals surface area contributed by atoms with Crippen LogP contribution in [0.5, 0.6) is 0 Å². The normalized spacial score (nSPS) is 12.9. The number of allylic oxidation sites excluding steroid dienone is 18. The van der Waals surface area contributed by atoms with Crippen LogP contribution >= 0.6 is 0 Å². The van der Waals surface area contributed by atoms with Crippen LogP contribution in [0.25, 0.3) is 0 Å². The van der Waals surface area contributed by atoms with Crippen molar-refractivity contribution in [3.63, 3.8) is 0 Å². The van der Waals surface area contributed by atoms with Crippen LogP contribution in [0.15, 0.2) is 109 Å². The molecule has 0 aliphatic heterocycles. The minimum atomic E-state index is -0.808. The third-order valence-electron chi connectivity index (χ3n) is 11.7. The van der Waals surface area contributed by atoms with Crippen molar-refractivity contribution >= 4 is 17.9 Å². The van der Waals surface area contributed by atoms with Crippen LogP contribution < -0.4 is 0 Å². The number of hydrogen-bond acceptors (Lipinski definition) is 6. The van der Waals surface area contributed by atoms with Crippen molar-refractivity contribution in [2.45, 2.75) is 258 Å². The molecule has 1 atom stereocenters. The van der Waals surface area contributed by atoms with Crippen molar-refractivity contribution in [3.05, 3.63) is 109 Å². The zero-order valence-corrected chi connectivity index (χ0v) is 44.8. The Bertz CT molecular complexity index is 1420. The smallest absolute Gasteiger partial charge is 0.306 e. The highest BCUT2D eigenvalue weighted by atomic mass is 16.6. The van der Waals surface area contributed by atoms with Gasteiger partial charge in [-0.2, -0.15) is 0 Å². The van der Waals surface area contributed by atoms with E-state index in [9.17, 15) is 14.4 Å². The Morgan fingerprint density at radius 3 is 0.913 bits per heavy atom. The average Bonchev–Trinajstić information content (AvgIpc) is 3.35. The maximum Gasteiger partial charge on any atom is 0.306 e. The first kappa shape index (κ1) is 65.1. The van der Waals surface area contributed by atoms with E-state index >= 15 is 0 Å². The molecule has 0 rings (SSSR count). The molecule has 0 fully saturated rings. The second-order valence-electron chi connectivity index (χ2n) is 18.4. The molecular weight excluding hydrogens is 853 g/mol. The van der Waals surface area contributed by atoms with Gasteiger partial charge < -0.3 is 14.2 Å². The summed E-state index contributed by atoms with van der Waals surface area (Å²) in [5.74, 6) is -0.966. The van der Waals surface area contributed by atoms with Gasteiger partial charge in [0.2, 0.25) is 0 Å². The van der Waals surface area contributed by atoms with Crippen molar-refractivity contribution in [2.75, 3.05) is 13.2 Å². The van der Waals surface area contributed by atoms with E-state index in [1.54, 1.807) is 0 Å². The molecule has 0 bridgehead atoms. The van der Waals surface area contributed by atoms with Gasteiger partial charge in [0.15, 0.2) is 6.10 Å². The number of hydrogen-bond donors (Lipinski definition) is 0. The molecule has 6 nitrogen and oxygen atoms in total. The predicted molar refractivity (Wildman–Crippen MR) is 297 cm³/mol. The highest BCUT2D eigenvalue weighted by Crippen LogP contribution is 2.14. The van der Waals surface area contributed by atoms with E-state index in [0.717, 1.165) is 141 Å². The summed E-state index contributed by atoms with van der Waals surface area (Å²) in [7, 11) is 0. The molecule has 0 aliphatic rings. The first-order valence-corrected chi connectivity index (χ1v) is 28.4. The molecule has 392 valence electrons. The monoisotopic (exact) mass is 957 g/mol. The summed E-state index contributed by atoms with van der Waals surface area (Å²) in [5, 5.41) is 0. The first-order valence-electron chi connectivity index (χ1n) is 28.4. The summed E-state index contributed by atoms with van der Waals surface area (Å²) in [4.78, 5) is 38.1. The van der Waals surface area contributed by atoms with E-state index in [1.807, 2.05) is 0 Å². The number of esters is 3. The molecule has 1 unspecified atom stereocenters. The van der Waals surface area contributed by atoms with Crippen molar-refractivity contribution in [3.8, 4) is 0 Å². The van der Waals surface area contributed by atoms with Crippen molar-refractivity contribution < 1.29 is 28.6 Å². The van der Waals surface area contributed by atoms with Gasteiger partial charge in [0, 0.05) is 19.3 Å². The second-order valence-corrected chi connectivity index (χ2v) is 18.4. The van der Waals surface area contributed by atoms with E-state index in [0.29, 0.717) is 19.3 Å². The third-order valence-corrected chi connectivity index (χ3v) is 11.7. The van der Waals surface area contributed by atoms with Gasteiger partial charge in [-0.1, -0.05) is 220 Å². The Morgan fingerprint density at radius 1 is 0.304 bits per heavy atom. The van der Waals surface area contributed by atoms with Crippen LogP contribution in [-0.2, 0) is 28.6 Å². The number of ether oxygens (including phenoxy) is 3. The van der Waals surface area contributed by atoms with Gasteiger partial charge in [-0.3, -0.25) is 14.4 Å². The Hall–Kier alpha value is -3.93. The minimum Gasteiger partial charge on any atom is -0.462 e. The topological polar surface area (TPSA) is 78.9 Å². The van der Waals surface area contributed by atoms with Crippen LogP contribution in [-0.4, -0.2) is 37.2 Å². The average molecular weight is 958 g/mol. The van der Waals surface area contributed by atoms with Gasteiger partial charge >= 0.3 is 17.9 Å². The van der Waals surface area contributed by atoms with E-state index in [1.165, 1.54) is 70.6 Å². The van der Waals surface area contributed by atoms with Gasteiger partial charge in [0.25, 0.3) is 0 Å². The molecular formula is C63H104O6. The third kappa shape index (κ3) is 54.9. The lowest BCUT2D eigenvalue weighted by molar-refractivity contribution is -0.167. The molecule has 0 saturated heterocycles. The number of rotatable bonds is 50. The summed E-state index contributed by atoms with van der Waals surface area (Å²) in [6.45, 7) is 6.36. The highest BCUT2D eigenvalue weighted by molar-refractivity contribution is 5.71. The minimum absolute atomic E-state index is 0.105. The summed E-state index contributed by atoms with van der Waals surface area (Å²) in [6, 6.07) is 0. The lowest BCUT2D eigenvalue weighted by Gasteiger charge is -2.18. The molecule has 0 aromatic carbocycles. The Balaban J connectivity index is 4.49. The Labute approximate surface area is 425 Å². The Morgan fingerprint density at radius 2 is 0.565 bits per heavy atom. The first-order chi connectivity index (χ1) is 34.0.